The zero-order valence-electron chi connectivity index (χ0n) is 13.9. The van der Waals surface area contributed by atoms with Crippen LogP contribution in [0.3, 0.4) is 0 Å². The van der Waals surface area contributed by atoms with Crippen LogP contribution in [0.2, 0.25) is 5.02 Å². The van der Waals surface area contributed by atoms with Gasteiger partial charge in [0, 0.05) is 27.1 Å². The van der Waals surface area contributed by atoms with E-state index in [4.69, 9.17) is 11.6 Å². The number of benzene rings is 2. The van der Waals surface area contributed by atoms with Gasteiger partial charge in [0.25, 0.3) is 0 Å². The minimum absolute atomic E-state index is 0.0494. The first-order valence-corrected chi connectivity index (χ1v) is 9.75. The van der Waals surface area contributed by atoms with Gasteiger partial charge in [0.15, 0.2) is 5.82 Å². The fourth-order valence-corrected chi connectivity index (χ4v) is 3.35. The summed E-state index contributed by atoms with van der Waals surface area (Å²) in [5, 5.41) is 10.9. The lowest BCUT2D eigenvalue weighted by molar-refractivity contribution is -0.113. The molecule has 1 saturated carbocycles. The molecule has 0 aliphatic heterocycles. The van der Waals surface area contributed by atoms with Crippen LogP contribution in [0, 0.1) is 0 Å². The highest BCUT2D eigenvalue weighted by molar-refractivity contribution is 8.00. The molecule has 0 radical (unpaired) electrons. The molecule has 7 heteroatoms. The van der Waals surface area contributed by atoms with Crippen LogP contribution in [0.4, 0.5) is 5.69 Å². The number of rotatable bonds is 6. The summed E-state index contributed by atoms with van der Waals surface area (Å²) >= 11 is 7.33. The monoisotopic (exact) mass is 384 g/mol. The van der Waals surface area contributed by atoms with Crippen LogP contribution in [0.25, 0.3) is 11.4 Å². The molecule has 26 heavy (non-hydrogen) atoms. The van der Waals surface area contributed by atoms with Crippen LogP contribution in [-0.2, 0) is 4.79 Å². The lowest BCUT2D eigenvalue weighted by Gasteiger charge is -2.06. The molecule has 1 aliphatic rings. The zero-order chi connectivity index (χ0) is 17.9. The van der Waals surface area contributed by atoms with Gasteiger partial charge >= 0.3 is 0 Å². The number of carbonyl (C=O) groups excluding carboxylic acids is 1. The number of thioether (sulfide) groups is 1. The van der Waals surface area contributed by atoms with E-state index in [9.17, 15) is 4.79 Å². The molecule has 3 aromatic rings. The molecule has 5 nitrogen and oxygen atoms in total. The van der Waals surface area contributed by atoms with Crippen molar-refractivity contribution in [3.8, 4) is 11.4 Å². The molecule has 2 aromatic carbocycles. The summed E-state index contributed by atoms with van der Waals surface area (Å²) in [5.74, 6) is 2.51. The Kier molecular flexibility index (Phi) is 4.95. The molecule has 0 unspecified atom stereocenters. The normalized spacial score (nSPS) is 13.6. The van der Waals surface area contributed by atoms with E-state index in [1.165, 1.54) is 24.6 Å². The van der Waals surface area contributed by atoms with Crippen molar-refractivity contribution >= 4 is 35.0 Å². The molecule has 132 valence electrons. The van der Waals surface area contributed by atoms with Crippen LogP contribution < -0.4 is 5.32 Å². The summed E-state index contributed by atoms with van der Waals surface area (Å²) < 4.78 is 0. The number of hydrogen-bond donors (Lipinski definition) is 2. The molecule has 0 saturated heterocycles. The number of nitrogens with zero attached hydrogens (tertiary/aromatic N) is 2. The molecule has 1 aliphatic carbocycles. The predicted octanol–water partition coefficient (Wildman–Crippen LogP) is 4.73. The Morgan fingerprint density at radius 1 is 1.15 bits per heavy atom. The van der Waals surface area contributed by atoms with Crippen LogP contribution in [0.15, 0.2) is 53.4 Å². The van der Waals surface area contributed by atoms with Gasteiger partial charge in [-0.15, -0.1) is 11.8 Å². The number of amides is 1. The highest BCUT2D eigenvalue weighted by atomic mass is 35.5. The van der Waals surface area contributed by atoms with Gasteiger partial charge in [0.2, 0.25) is 5.91 Å². The van der Waals surface area contributed by atoms with E-state index in [0.29, 0.717) is 22.5 Å². The number of nitrogens with one attached hydrogen (secondary N) is 2. The standard InChI is InChI=1S/C19H17ClN4OS/c20-14-5-9-16(10-6-14)26-11-17(25)21-15-7-3-13(4-8-15)19-22-18(23-24-19)12-1-2-12/h3-10,12H,1-2,11H2,(H,21,25)(H,22,23,24). The first-order valence-electron chi connectivity index (χ1n) is 8.38. The van der Waals surface area contributed by atoms with Crippen LogP contribution in [0.1, 0.15) is 24.6 Å². The summed E-state index contributed by atoms with van der Waals surface area (Å²) in [5.41, 5.74) is 1.69. The maximum atomic E-state index is 12.1. The van der Waals surface area contributed by atoms with E-state index in [1.54, 1.807) is 0 Å². The van der Waals surface area contributed by atoms with E-state index in [1.807, 2.05) is 48.5 Å². The van der Waals surface area contributed by atoms with Gasteiger partial charge in [0.1, 0.15) is 5.82 Å². The molecule has 2 N–H and O–H groups in total. The largest absolute Gasteiger partial charge is 0.325 e. The summed E-state index contributed by atoms with van der Waals surface area (Å²) in [6.07, 6.45) is 2.38. The summed E-state index contributed by atoms with van der Waals surface area (Å²) in [6, 6.07) is 15.0. The fourth-order valence-electron chi connectivity index (χ4n) is 2.52. The minimum atomic E-state index is -0.0494. The van der Waals surface area contributed by atoms with Crippen molar-refractivity contribution in [1.82, 2.24) is 15.2 Å². The Morgan fingerprint density at radius 3 is 2.58 bits per heavy atom. The lowest BCUT2D eigenvalue weighted by atomic mass is 10.2. The average molecular weight is 385 g/mol. The van der Waals surface area contributed by atoms with Crippen molar-refractivity contribution < 1.29 is 4.79 Å². The van der Waals surface area contributed by atoms with Crippen LogP contribution in [0.5, 0.6) is 0 Å². The highest BCUT2D eigenvalue weighted by Crippen LogP contribution is 2.38. The fraction of sp³-hybridized carbons (Fsp3) is 0.211. The van der Waals surface area contributed by atoms with Crippen molar-refractivity contribution in [3.63, 3.8) is 0 Å². The number of H-pyrrole nitrogens is 1. The van der Waals surface area contributed by atoms with E-state index >= 15 is 0 Å². The Labute approximate surface area is 160 Å². The molecule has 1 aromatic heterocycles. The number of halogens is 1. The Balaban J connectivity index is 1.32. The van der Waals surface area contributed by atoms with E-state index in [2.05, 4.69) is 20.5 Å². The van der Waals surface area contributed by atoms with Gasteiger partial charge in [-0.25, -0.2) is 4.98 Å². The van der Waals surface area contributed by atoms with Crippen LogP contribution in [-0.4, -0.2) is 26.8 Å². The molecule has 1 heterocycles. The van der Waals surface area contributed by atoms with Gasteiger partial charge in [0.05, 0.1) is 5.75 Å². The Bertz CT molecular complexity index is 904. The first-order chi connectivity index (χ1) is 12.7. The highest BCUT2D eigenvalue weighted by Gasteiger charge is 2.27. The Hall–Kier alpha value is -2.31. The maximum absolute atomic E-state index is 12.1. The van der Waals surface area contributed by atoms with Gasteiger partial charge in [-0.2, -0.15) is 5.10 Å². The number of aromatic nitrogens is 3. The zero-order valence-corrected chi connectivity index (χ0v) is 15.5. The summed E-state index contributed by atoms with van der Waals surface area (Å²) in [7, 11) is 0. The predicted molar refractivity (Wildman–Crippen MR) is 105 cm³/mol. The second-order valence-corrected chi connectivity index (χ2v) is 7.67. The van der Waals surface area contributed by atoms with Crippen molar-refractivity contribution in [3.05, 3.63) is 59.4 Å². The topological polar surface area (TPSA) is 70.7 Å². The third-order valence-corrected chi connectivity index (χ3v) is 5.34. The average Bonchev–Trinajstić information content (AvgIpc) is 3.39. The van der Waals surface area contributed by atoms with Crippen LogP contribution >= 0.6 is 23.4 Å². The van der Waals surface area contributed by atoms with Crippen molar-refractivity contribution in [2.45, 2.75) is 23.7 Å². The second-order valence-electron chi connectivity index (χ2n) is 6.19. The Morgan fingerprint density at radius 2 is 1.88 bits per heavy atom. The van der Waals surface area contributed by atoms with Crippen molar-refractivity contribution in [2.24, 2.45) is 0 Å². The number of aromatic amines is 1. The molecular formula is C19H17ClN4OS. The summed E-state index contributed by atoms with van der Waals surface area (Å²) in [4.78, 5) is 17.7. The molecule has 0 spiro atoms. The second kappa shape index (κ2) is 7.51. The first kappa shape index (κ1) is 17.1. The summed E-state index contributed by atoms with van der Waals surface area (Å²) in [6.45, 7) is 0. The van der Waals surface area contributed by atoms with E-state index in [-0.39, 0.29) is 5.91 Å². The lowest BCUT2D eigenvalue weighted by Crippen LogP contribution is -2.13. The van der Waals surface area contributed by atoms with Gasteiger partial charge in [-0.1, -0.05) is 11.6 Å². The third-order valence-electron chi connectivity index (χ3n) is 4.08. The number of carbonyl (C=O) groups is 1. The molecule has 0 atom stereocenters. The van der Waals surface area contributed by atoms with Gasteiger partial charge < -0.3 is 5.32 Å². The van der Waals surface area contributed by atoms with Gasteiger partial charge in [-0.3, -0.25) is 9.89 Å². The SMILES string of the molecule is O=C(CSc1ccc(Cl)cc1)Nc1ccc(-c2n[nH]c(C3CC3)n2)cc1. The molecular weight excluding hydrogens is 368 g/mol. The molecule has 0 bridgehead atoms. The van der Waals surface area contributed by atoms with Gasteiger partial charge in [-0.05, 0) is 61.4 Å². The van der Waals surface area contributed by atoms with Crippen molar-refractivity contribution in [2.75, 3.05) is 11.1 Å². The smallest absolute Gasteiger partial charge is 0.234 e. The minimum Gasteiger partial charge on any atom is -0.325 e. The van der Waals surface area contributed by atoms with E-state index < -0.39 is 0 Å². The quantitative estimate of drug-likeness (QED) is 0.602. The molecule has 1 fully saturated rings. The van der Waals surface area contributed by atoms with E-state index in [0.717, 1.165) is 22.0 Å². The molecule has 4 rings (SSSR count). The van der Waals surface area contributed by atoms with Crippen molar-refractivity contribution in [1.29, 1.82) is 0 Å². The third kappa shape index (κ3) is 4.26. The molecule has 1 amide bonds. The maximum Gasteiger partial charge on any atom is 0.234 e. The number of hydrogen-bond acceptors (Lipinski definition) is 4. The number of anilines is 1.